The molecule has 0 amide bonds. The summed E-state index contributed by atoms with van der Waals surface area (Å²) >= 11 is 0. The van der Waals surface area contributed by atoms with Gasteiger partial charge in [-0.25, -0.2) is 0 Å². The molecule has 0 aromatic carbocycles. The minimum atomic E-state index is -0.464. The molecule has 2 heterocycles. The van der Waals surface area contributed by atoms with Crippen molar-refractivity contribution in [2.45, 2.75) is 18.9 Å². The number of anilines is 1. The number of aromatic nitrogens is 2. The van der Waals surface area contributed by atoms with Gasteiger partial charge in [0.15, 0.2) is 0 Å². The summed E-state index contributed by atoms with van der Waals surface area (Å²) in [5.74, 6) is 0.354. The summed E-state index contributed by atoms with van der Waals surface area (Å²) in [5.41, 5.74) is -0.140. The van der Waals surface area contributed by atoms with E-state index in [1.165, 1.54) is 6.33 Å². The summed E-state index contributed by atoms with van der Waals surface area (Å²) in [6.45, 7) is 3.77. The van der Waals surface area contributed by atoms with E-state index in [0.717, 1.165) is 19.5 Å². The third-order valence-corrected chi connectivity index (χ3v) is 2.88. The molecule has 1 fully saturated rings. The Bertz CT molecular complexity index is 408. The summed E-state index contributed by atoms with van der Waals surface area (Å²) in [6.07, 6.45) is 2.39. The van der Waals surface area contributed by atoms with Crippen molar-refractivity contribution < 1.29 is 4.92 Å². The Labute approximate surface area is 93.0 Å². The summed E-state index contributed by atoms with van der Waals surface area (Å²) in [4.78, 5) is 14.1. The van der Waals surface area contributed by atoms with Gasteiger partial charge in [0, 0.05) is 19.1 Å². The molecule has 2 rings (SSSR count). The van der Waals surface area contributed by atoms with Crippen molar-refractivity contribution >= 4 is 11.6 Å². The standard InChI is InChI=1S/C9H15N5O2/c1-9(3-4-10-5-9)12-8-7(14(15)16)11-6-13(8)2/h6,10,12H,3-5H2,1-2H3. The highest BCUT2D eigenvalue weighted by molar-refractivity contribution is 5.54. The van der Waals surface area contributed by atoms with E-state index in [4.69, 9.17) is 0 Å². The van der Waals surface area contributed by atoms with Crippen molar-refractivity contribution in [3.05, 3.63) is 16.4 Å². The molecular weight excluding hydrogens is 210 g/mol. The van der Waals surface area contributed by atoms with Crippen molar-refractivity contribution in [3.8, 4) is 0 Å². The monoisotopic (exact) mass is 225 g/mol. The molecule has 0 spiro atoms. The Balaban J connectivity index is 2.26. The van der Waals surface area contributed by atoms with Crippen molar-refractivity contribution in [3.63, 3.8) is 0 Å². The molecule has 0 radical (unpaired) electrons. The molecule has 2 N–H and O–H groups in total. The Hall–Kier alpha value is -1.63. The predicted molar refractivity (Wildman–Crippen MR) is 59.4 cm³/mol. The van der Waals surface area contributed by atoms with Crippen LogP contribution in [0.4, 0.5) is 11.6 Å². The minimum absolute atomic E-state index is 0.115. The molecular formula is C9H15N5O2. The molecule has 7 nitrogen and oxygen atoms in total. The van der Waals surface area contributed by atoms with Gasteiger partial charge in [-0.2, -0.15) is 0 Å². The van der Waals surface area contributed by atoms with Crippen LogP contribution < -0.4 is 10.6 Å². The van der Waals surface area contributed by atoms with E-state index in [1.54, 1.807) is 11.6 Å². The molecule has 1 aromatic heterocycles. The van der Waals surface area contributed by atoms with Gasteiger partial charge in [-0.15, -0.1) is 0 Å². The molecule has 0 bridgehead atoms. The van der Waals surface area contributed by atoms with Crippen LogP contribution in [0.1, 0.15) is 13.3 Å². The van der Waals surface area contributed by atoms with Gasteiger partial charge in [0.1, 0.15) is 0 Å². The van der Waals surface area contributed by atoms with E-state index in [-0.39, 0.29) is 11.4 Å². The molecule has 16 heavy (non-hydrogen) atoms. The Morgan fingerprint density at radius 3 is 3.06 bits per heavy atom. The number of hydrogen-bond acceptors (Lipinski definition) is 5. The molecule has 0 saturated carbocycles. The summed E-state index contributed by atoms with van der Waals surface area (Å²) < 4.78 is 1.64. The zero-order valence-electron chi connectivity index (χ0n) is 9.36. The lowest BCUT2D eigenvalue weighted by Crippen LogP contribution is -2.37. The molecule has 0 aliphatic carbocycles. The number of aryl methyl sites for hydroxylation is 1. The van der Waals surface area contributed by atoms with Crippen LogP contribution in [0, 0.1) is 10.1 Å². The first-order chi connectivity index (χ1) is 7.52. The third-order valence-electron chi connectivity index (χ3n) is 2.88. The smallest absolute Gasteiger partial charge is 0.358 e. The van der Waals surface area contributed by atoms with Crippen LogP contribution in [-0.4, -0.2) is 33.1 Å². The highest BCUT2D eigenvalue weighted by Gasteiger charge is 2.32. The van der Waals surface area contributed by atoms with Gasteiger partial charge < -0.3 is 20.7 Å². The van der Waals surface area contributed by atoms with Gasteiger partial charge in [-0.3, -0.25) is 4.57 Å². The second-order valence-electron chi connectivity index (χ2n) is 4.40. The van der Waals surface area contributed by atoms with Gasteiger partial charge >= 0.3 is 5.82 Å². The number of imidazole rings is 1. The van der Waals surface area contributed by atoms with Gasteiger partial charge in [-0.1, -0.05) is 0 Å². The van der Waals surface area contributed by atoms with Crippen LogP contribution in [0.25, 0.3) is 0 Å². The molecule has 1 unspecified atom stereocenters. The maximum Gasteiger partial charge on any atom is 0.406 e. The number of nitrogens with one attached hydrogen (secondary N) is 2. The molecule has 1 aliphatic heterocycles. The van der Waals surface area contributed by atoms with Crippen LogP contribution in [-0.2, 0) is 7.05 Å². The maximum absolute atomic E-state index is 10.8. The normalized spacial score (nSPS) is 24.6. The number of hydrogen-bond donors (Lipinski definition) is 2. The SMILES string of the molecule is Cn1cnc([N+](=O)[O-])c1NC1(C)CCNC1. The third kappa shape index (κ3) is 1.85. The quantitative estimate of drug-likeness (QED) is 0.577. The first-order valence-electron chi connectivity index (χ1n) is 5.16. The lowest BCUT2D eigenvalue weighted by molar-refractivity contribution is -0.388. The van der Waals surface area contributed by atoms with Crippen LogP contribution in [0.5, 0.6) is 0 Å². The van der Waals surface area contributed by atoms with Gasteiger partial charge in [-0.05, 0) is 29.8 Å². The van der Waals surface area contributed by atoms with Gasteiger partial charge in [0.05, 0.1) is 0 Å². The van der Waals surface area contributed by atoms with E-state index in [9.17, 15) is 10.1 Å². The number of nitro groups is 1. The Kier molecular flexibility index (Phi) is 2.55. The first kappa shape index (κ1) is 10.9. The second kappa shape index (κ2) is 3.75. The van der Waals surface area contributed by atoms with E-state index < -0.39 is 4.92 Å². The average Bonchev–Trinajstić information content (AvgIpc) is 2.76. The fourth-order valence-corrected chi connectivity index (χ4v) is 1.91. The second-order valence-corrected chi connectivity index (χ2v) is 4.40. The molecule has 88 valence electrons. The maximum atomic E-state index is 10.8. The lowest BCUT2D eigenvalue weighted by Gasteiger charge is -2.25. The number of rotatable bonds is 3. The van der Waals surface area contributed by atoms with Crippen molar-refractivity contribution in [2.24, 2.45) is 7.05 Å². The number of nitrogens with zero attached hydrogens (tertiary/aromatic N) is 3. The fourth-order valence-electron chi connectivity index (χ4n) is 1.91. The Morgan fingerprint density at radius 2 is 2.50 bits per heavy atom. The van der Waals surface area contributed by atoms with Crippen molar-refractivity contribution in [1.29, 1.82) is 0 Å². The van der Waals surface area contributed by atoms with Crippen LogP contribution in [0.15, 0.2) is 6.33 Å². The molecule has 1 saturated heterocycles. The Morgan fingerprint density at radius 1 is 1.75 bits per heavy atom. The predicted octanol–water partition coefficient (Wildman–Crippen LogP) is 0.492. The lowest BCUT2D eigenvalue weighted by atomic mass is 10.0. The van der Waals surface area contributed by atoms with Gasteiger partial charge in [0.25, 0.3) is 0 Å². The summed E-state index contributed by atoms with van der Waals surface area (Å²) in [6, 6.07) is 0. The largest absolute Gasteiger partial charge is 0.406 e. The zero-order valence-corrected chi connectivity index (χ0v) is 9.36. The van der Waals surface area contributed by atoms with Crippen molar-refractivity contribution in [1.82, 2.24) is 14.9 Å². The molecule has 1 aromatic rings. The first-order valence-corrected chi connectivity index (χ1v) is 5.16. The average molecular weight is 225 g/mol. The van der Waals surface area contributed by atoms with Gasteiger partial charge in [0.2, 0.25) is 12.1 Å². The van der Waals surface area contributed by atoms with Crippen LogP contribution >= 0.6 is 0 Å². The molecule has 1 atom stereocenters. The van der Waals surface area contributed by atoms with E-state index in [0.29, 0.717) is 5.82 Å². The minimum Gasteiger partial charge on any atom is -0.358 e. The highest BCUT2D eigenvalue weighted by atomic mass is 16.6. The summed E-state index contributed by atoms with van der Waals surface area (Å²) in [7, 11) is 1.74. The summed E-state index contributed by atoms with van der Waals surface area (Å²) in [5, 5.41) is 17.2. The van der Waals surface area contributed by atoms with E-state index in [2.05, 4.69) is 15.6 Å². The molecule has 1 aliphatic rings. The van der Waals surface area contributed by atoms with Crippen LogP contribution in [0.2, 0.25) is 0 Å². The topological polar surface area (TPSA) is 85.0 Å². The zero-order chi connectivity index (χ0) is 11.8. The van der Waals surface area contributed by atoms with E-state index in [1.807, 2.05) is 6.92 Å². The molecule has 7 heteroatoms. The van der Waals surface area contributed by atoms with E-state index >= 15 is 0 Å². The fraction of sp³-hybridized carbons (Fsp3) is 0.667. The highest BCUT2D eigenvalue weighted by Crippen LogP contribution is 2.27. The van der Waals surface area contributed by atoms with Crippen LogP contribution in [0.3, 0.4) is 0 Å². The van der Waals surface area contributed by atoms with Crippen molar-refractivity contribution in [2.75, 3.05) is 18.4 Å².